The van der Waals surface area contributed by atoms with Crippen LogP contribution in [0.5, 0.6) is 0 Å². The predicted octanol–water partition coefficient (Wildman–Crippen LogP) is 1.95. The molecule has 0 aliphatic carbocycles. The normalized spacial score (nSPS) is 13.1. The molecule has 0 unspecified atom stereocenters. The molecule has 3 nitrogen and oxygen atoms in total. The highest BCUT2D eigenvalue weighted by molar-refractivity contribution is 4.91. The molecular weight excluding hydrogens is 204 g/mol. The van der Waals surface area contributed by atoms with E-state index in [0.29, 0.717) is 0 Å². The van der Waals surface area contributed by atoms with Crippen LogP contribution in [0.3, 0.4) is 0 Å². The van der Waals surface area contributed by atoms with Crippen molar-refractivity contribution in [1.82, 2.24) is 0 Å². The van der Waals surface area contributed by atoms with E-state index >= 15 is 0 Å². The Hall–Kier alpha value is -0.120. The van der Waals surface area contributed by atoms with Gasteiger partial charge < -0.3 is 15.3 Å². The molecule has 0 aromatic carbocycles. The molecule has 0 rings (SSSR count). The fourth-order valence-corrected chi connectivity index (χ4v) is 2.05. The first-order chi connectivity index (χ1) is 7.49. The third-order valence-electron chi connectivity index (χ3n) is 4.00. The highest BCUT2D eigenvalue weighted by Crippen LogP contribution is 2.42. The smallest absolute Gasteiger partial charge is 0.0536 e. The zero-order valence-corrected chi connectivity index (χ0v) is 11.0. The first-order valence-electron chi connectivity index (χ1n) is 6.32. The second-order valence-corrected chi connectivity index (χ2v) is 5.45. The van der Waals surface area contributed by atoms with Gasteiger partial charge in [-0.05, 0) is 11.8 Å². The van der Waals surface area contributed by atoms with Crippen LogP contribution in [0.2, 0.25) is 0 Å². The molecule has 0 aliphatic rings. The van der Waals surface area contributed by atoms with Gasteiger partial charge in [0, 0.05) is 5.41 Å². The molecule has 0 aromatic heterocycles. The van der Waals surface area contributed by atoms with E-state index in [4.69, 9.17) is 0 Å². The summed E-state index contributed by atoms with van der Waals surface area (Å²) in [6.45, 7) is 5.70. The van der Waals surface area contributed by atoms with Crippen LogP contribution in [0.25, 0.3) is 0 Å². The summed E-state index contributed by atoms with van der Waals surface area (Å²) in [4.78, 5) is 0. The summed E-state index contributed by atoms with van der Waals surface area (Å²) < 4.78 is 0. The first kappa shape index (κ1) is 15.9. The molecule has 3 N–H and O–H groups in total. The van der Waals surface area contributed by atoms with Crippen molar-refractivity contribution >= 4 is 0 Å². The van der Waals surface area contributed by atoms with Crippen molar-refractivity contribution in [3.63, 3.8) is 0 Å². The van der Waals surface area contributed by atoms with Crippen LogP contribution < -0.4 is 0 Å². The molecule has 98 valence electrons. The highest BCUT2D eigenvalue weighted by atomic mass is 16.3. The SMILES string of the molecule is CCCCCCC(C)(C)C(CO)(CO)CO. The maximum atomic E-state index is 9.39. The molecule has 0 saturated heterocycles. The van der Waals surface area contributed by atoms with E-state index in [9.17, 15) is 15.3 Å². The van der Waals surface area contributed by atoms with Gasteiger partial charge in [0.15, 0.2) is 0 Å². The van der Waals surface area contributed by atoms with Gasteiger partial charge in [-0.15, -0.1) is 0 Å². The number of aliphatic hydroxyl groups excluding tert-OH is 3. The Morgan fingerprint density at radius 2 is 1.31 bits per heavy atom. The molecule has 3 heteroatoms. The standard InChI is InChI=1S/C13H28O3/c1-4-5-6-7-8-12(2,3)13(9-14,10-15)11-16/h14-16H,4-11H2,1-3H3. The third kappa shape index (κ3) is 3.72. The van der Waals surface area contributed by atoms with Crippen LogP contribution in [0.1, 0.15) is 52.9 Å². The summed E-state index contributed by atoms with van der Waals surface area (Å²) in [5.74, 6) is 0. The summed E-state index contributed by atoms with van der Waals surface area (Å²) in [6.07, 6.45) is 5.61. The molecule has 0 heterocycles. The van der Waals surface area contributed by atoms with E-state index in [1.807, 2.05) is 13.8 Å². The zero-order valence-electron chi connectivity index (χ0n) is 11.0. The number of rotatable bonds is 9. The Morgan fingerprint density at radius 1 is 0.812 bits per heavy atom. The van der Waals surface area contributed by atoms with E-state index < -0.39 is 5.41 Å². The van der Waals surface area contributed by atoms with Gasteiger partial charge in [-0.3, -0.25) is 0 Å². The lowest BCUT2D eigenvalue weighted by molar-refractivity contribution is -0.0821. The Labute approximate surface area is 99.5 Å². The predicted molar refractivity (Wildman–Crippen MR) is 66.2 cm³/mol. The van der Waals surface area contributed by atoms with Gasteiger partial charge >= 0.3 is 0 Å². The second-order valence-electron chi connectivity index (χ2n) is 5.45. The Kier molecular flexibility index (Phi) is 7.20. The van der Waals surface area contributed by atoms with Crippen molar-refractivity contribution < 1.29 is 15.3 Å². The number of aliphatic hydroxyl groups is 3. The van der Waals surface area contributed by atoms with Gasteiger partial charge in [0.25, 0.3) is 0 Å². The average Bonchev–Trinajstić information content (AvgIpc) is 2.27. The van der Waals surface area contributed by atoms with Crippen LogP contribution in [-0.2, 0) is 0 Å². The van der Waals surface area contributed by atoms with Gasteiger partial charge in [-0.2, -0.15) is 0 Å². The van der Waals surface area contributed by atoms with Gasteiger partial charge in [-0.1, -0.05) is 46.5 Å². The molecule has 0 spiro atoms. The Balaban J connectivity index is 4.36. The molecule has 0 saturated carbocycles. The molecule has 0 atom stereocenters. The monoisotopic (exact) mass is 232 g/mol. The van der Waals surface area contributed by atoms with Crippen LogP contribution in [0, 0.1) is 10.8 Å². The van der Waals surface area contributed by atoms with Crippen LogP contribution in [0.4, 0.5) is 0 Å². The molecule has 0 bridgehead atoms. The highest BCUT2D eigenvalue weighted by Gasteiger charge is 2.43. The van der Waals surface area contributed by atoms with Crippen LogP contribution >= 0.6 is 0 Å². The number of hydrogen-bond donors (Lipinski definition) is 3. The minimum Gasteiger partial charge on any atom is -0.396 e. The van der Waals surface area contributed by atoms with E-state index in [-0.39, 0.29) is 25.2 Å². The van der Waals surface area contributed by atoms with E-state index in [1.54, 1.807) is 0 Å². The van der Waals surface area contributed by atoms with Gasteiger partial charge in [0.1, 0.15) is 0 Å². The van der Waals surface area contributed by atoms with Crippen molar-refractivity contribution in [2.45, 2.75) is 52.9 Å². The molecule has 0 aromatic rings. The molecule has 0 radical (unpaired) electrons. The Morgan fingerprint density at radius 3 is 1.69 bits per heavy atom. The fourth-order valence-electron chi connectivity index (χ4n) is 2.05. The van der Waals surface area contributed by atoms with E-state index in [0.717, 1.165) is 12.8 Å². The Bertz CT molecular complexity index is 166. The van der Waals surface area contributed by atoms with E-state index in [2.05, 4.69) is 6.92 Å². The maximum absolute atomic E-state index is 9.39. The van der Waals surface area contributed by atoms with Gasteiger partial charge in [0.2, 0.25) is 0 Å². The summed E-state index contributed by atoms with van der Waals surface area (Å²) >= 11 is 0. The third-order valence-corrected chi connectivity index (χ3v) is 4.00. The molecule has 0 fully saturated rings. The summed E-state index contributed by atoms with van der Waals surface area (Å²) in [6, 6.07) is 0. The van der Waals surface area contributed by atoms with Crippen molar-refractivity contribution in [2.75, 3.05) is 19.8 Å². The lowest BCUT2D eigenvalue weighted by atomic mass is 9.64. The largest absolute Gasteiger partial charge is 0.396 e. The fraction of sp³-hybridized carbons (Fsp3) is 1.00. The summed E-state index contributed by atoms with van der Waals surface area (Å²) in [5, 5.41) is 28.2. The average molecular weight is 232 g/mol. The lowest BCUT2D eigenvalue weighted by Gasteiger charge is -2.43. The van der Waals surface area contributed by atoms with Crippen LogP contribution in [-0.4, -0.2) is 35.1 Å². The summed E-state index contributed by atoms with van der Waals surface area (Å²) in [7, 11) is 0. The van der Waals surface area contributed by atoms with Gasteiger partial charge in [0.05, 0.1) is 19.8 Å². The molecular formula is C13H28O3. The molecule has 0 amide bonds. The van der Waals surface area contributed by atoms with Crippen molar-refractivity contribution in [3.05, 3.63) is 0 Å². The molecule has 0 aliphatic heterocycles. The second kappa shape index (κ2) is 7.25. The topological polar surface area (TPSA) is 60.7 Å². The maximum Gasteiger partial charge on any atom is 0.0536 e. The first-order valence-corrected chi connectivity index (χ1v) is 6.32. The summed E-state index contributed by atoms with van der Waals surface area (Å²) in [5.41, 5.74) is -1.00. The lowest BCUT2D eigenvalue weighted by Crippen LogP contribution is -2.47. The minimum atomic E-state index is -0.765. The van der Waals surface area contributed by atoms with Crippen molar-refractivity contribution in [2.24, 2.45) is 10.8 Å². The zero-order chi connectivity index (χ0) is 12.7. The van der Waals surface area contributed by atoms with E-state index in [1.165, 1.54) is 19.3 Å². The van der Waals surface area contributed by atoms with Crippen molar-refractivity contribution in [1.29, 1.82) is 0 Å². The minimum absolute atomic E-state index is 0.166. The van der Waals surface area contributed by atoms with Gasteiger partial charge in [-0.25, -0.2) is 0 Å². The quantitative estimate of drug-likeness (QED) is 0.532. The van der Waals surface area contributed by atoms with Crippen LogP contribution in [0.15, 0.2) is 0 Å². The number of hydrogen-bond acceptors (Lipinski definition) is 3. The van der Waals surface area contributed by atoms with Crippen molar-refractivity contribution in [3.8, 4) is 0 Å². The molecule has 16 heavy (non-hydrogen) atoms. The number of unbranched alkanes of at least 4 members (excludes halogenated alkanes) is 3.